The molecule has 5 heteroatoms. The number of nitrogens with one attached hydrogen (secondary N) is 3. The van der Waals surface area contributed by atoms with Crippen LogP contribution in [-0.4, -0.2) is 32.0 Å². The molecule has 0 fully saturated rings. The molecule has 0 aromatic heterocycles. The molecule has 5 nitrogen and oxygen atoms in total. The van der Waals surface area contributed by atoms with Crippen LogP contribution in [0.3, 0.4) is 0 Å². The predicted octanol–water partition coefficient (Wildman–Crippen LogP) is 1.23. The molecular formula is C14H21N3O2. The quantitative estimate of drug-likeness (QED) is 0.723. The molecule has 19 heavy (non-hydrogen) atoms. The first-order valence-electron chi connectivity index (χ1n) is 6.42. The Hall–Kier alpha value is -1.88. The van der Waals surface area contributed by atoms with Crippen molar-refractivity contribution in [2.24, 2.45) is 5.92 Å². The lowest BCUT2D eigenvalue weighted by Gasteiger charge is -2.12. The van der Waals surface area contributed by atoms with Crippen molar-refractivity contribution in [1.29, 1.82) is 0 Å². The fourth-order valence-corrected chi connectivity index (χ4v) is 1.67. The number of rotatable bonds is 6. The van der Waals surface area contributed by atoms with Gasteiger partial charge in [-0.15, -0.1) is 0 Å². The van der Waals surface area contributed by atoms with Crippen molar-refractivity contribution >= 4 is 17.5 Å². The monoisotopic (exact) mass is 263 g/mol. The number of carbonyl (C=O) groups excluding carboxylic acids is 2. The minimum atomic E-state index is -0.137. The zero-order valence-electron chi connectivity index (χ0n) is 11.6. The van der Waals surface area contributed by atoms with Crippen LogP contribution in [0.2, 0.25) is 0 Å². The summed E-state index contributed by atoms with van der Waals surface area (Å²) in [5.41, 5.74) is 1.18. The number of amides is 2. The van der Waals surface area contributed by atoms with E-state index in [4.69, 9.17) is 0 Å². The topological polar surface area (TPSA) is 70.2 Å². The van der Waals surface area contributed by atoms with Crippen molar-refractivity contribution < 1.29 is 9.59 Å². The number of carbonyl (C=O) groups is 2. The molecule has 0 heterocycles. The number of benzene rings is 1. The maximum Gasteiger partial charge on any atom is 0.251 e. The van der Waals surface area contributed by atoms with Crippen LogP contribution < -0.4 is 16.0 Å². The van der Waals surface area contributed by atoms with Crippen molar-refractivity contribution in [3.05, 3.63) is 29.8 Å². The SMILES string of the molecule is CCNC(=O)c1cccc(NC(=O)C(C)CNC)c1. The van der Waals surface area contributed by atoms with Gasteiger partial charge >= 0.3 is 0 Å². The van der Waals surface area contributed by atoms with E-state index in [1.54, 1.807) is 31.3 Å². The Bertz CT molecular complexity index is 446. The van der Waals surface area contributed by atoms with Gasteiger partial charge in [0.05, 0.1) is 0 Å². The third-order valence-corrected chi connectivity index (χ3v) is 2.69. The van der Waals surface area contributed by atoms with Gasteiger partial charge in [-0.05, 0) is 32.2 Å². The molecule has 0 saturated carbocycles. The highest BCUT2D eigenvalue weighted by Gasteiger charge is 2.12. The summed E-state index contributed by atoms with van der Waals surface area (Å²) in [6, 6.07) is 6.92. The molecule has 0 saturated heterocycles. The predicted molar refractivity (Wildman–Crippen MR) is 76.2 cm³/mol. The van der Waals surface area contributed by atoms with Gasteiger partial charge < -0.3 is 16.0 Å². The van der Waals surface area contributed by atoms with Gasteiger partial charge in [0, 0.05) is 30.3 Å². The van der Waals surface area contributed by atoms with E-state index in [1.165, 1.54) is 0 Å². The molecule has 2 amide bonds. The van der Waals surface area contributed by atoms with E-state index in [0.717, 1.165) is 0 Å². The first-order valence-corrected chi connectivity index (χ1v) is 6.42. The number of anilines is 1. The summed E-state index contributed by atoms with van der Waals surface area (Å²) >= 11 is 0. The van der Waals surface area contributed by atoms with Crippen molar-refractivity contribution in [2.45, 2.75) is 13.8 Å². The van der Waals surface area contributed by atoms with E-state index in [0.29, 0.717) is 24.3 Å². The minimum absolute atomic E-state index is 0.0672. The fraction of sp³-hybridized carbons (Fsp3) is 0.429. The van der Waals surface area contributed by atoms with E-state index in [9.17, 15) is 9.59 Å². The highest BCUT2D eigenvalue weighted by atomic mass is 16.2. The Morgan fingerprint density at radius 1 is 1.32 bits per heavy atom. The fourth-order valence-electron chi connectivity index (χ4n) is 1.67. The zero-order valence-corrected chi connectivity index (χ0v) is 11.6. The Labute approximate surface area is 113 Å². The largest absolute Gasteiger partial charge is 0.352 e. The number of hydrogen-bond donors (Lipinski definition) is 3. The molecule has 0 aliphatic carbocycles. The molecule has 104 valence electrons. The van der Waals surface area contributed by atoms with Crippen LogP contribution in [0.4, 0.5) is 5.69 Å². The third-order valence-electron chi connectivity index (χ3n) is 2.69. The van der Waals surface area contributed by atoms with E-state index in [1.807, 2.05) is 13.8 Å². The van der Waals surface area contributed by atoms with Gasteiger partial charge in [-0.2, -0.15) is 0 Å². The Kier molecular flexibility index (Phi) is 6.02. The Morgan fingerprint density at radius 2 is 2.05 bits per heavy atom. The summed E-state index contributed by atoms with van der Waals surface area (Å²) in [5.74, 6) is -0.331. The maximum absolute atomic E-state index is 11.9. The Balaban J connectivity index is 2.72. The van der Waals surface area contributed by atoms with E-state index >= 15 is 0 Å². The zero-order chi connectivity index (χ0) is 14.3. The van der Waals surface area contributed by atoms with Crippen LogP contribution in [0.15, 0.2) is 24.3 Å². The minimum Gasteiger partial charge on any atom is -0.352 e. The van der Waals surface area contributed by atoms with Crippen molar-refractivity contribution in [3.8, 4) is 0 Å². The summed E-state index contributed by atoms with van der Waals surface area (Å²) in [5, 5.41) is 8.48. The van der Waals surface area contributed by atoms with Crippen molar-refractivity contribution in [1.82, 2.24) is 10.6 Å². The molecule has 1 aromatic rings. The Morgan fingerprint density at radius 3 is 2.68 bits per heavy atom. The van der Waals surface area contributed by atoms with Crippen LogP contribution in [0.5, 0.6) is 0 Å². The van der Waals surface area contributed by atoms with Gasteiger partial charge in [-0.1, -0.05) is 13.0 Å². The van der Waals surface area contributed by atoms with Gasteiger partial charge in [-0.25, -0.2) is 0 Å². The molecule has 0 aliphatic rings. The van der Waals surface area contributed by atoms with E-state index in [2.05, 4.69) is 16.0 Å². The van der Waals surface area contributed by atoms with Gasteiger partial charge in [0.2, 0.25) is 5.91 Å². The highest BCUT2D eigenvalue weighted by molar-refractivity contribution is 5.97. The average molecular weight is 263 g/mol. The molecule has 0 spiro atoms. The molecule has 1 atom stereocenters. The summed E-state index contributed by atoms with van der Waals surface area (Å²) < 4.78 is 0. The molecule has 0 bridgehead atoms. The molecule has 0 radical (unpaired) electrons. The first-order chi connectivity index (χ1) is 9.08. The van der Waals surface area contributed by atoms with Gasteiger partial charge in [0.25, 0.3) is 5.91 Å². The molecular weight excluding hydrogens is 242 g/mol. The summed E-state index contributed by atoms with van der Waals surface area (Å²) in [6.45, 7) is 4.90. The van der Waals surface area contributed by atoms with Crippen LogP contribution >= 0.6 is 0 Å². The van der Waals surface area contributed by atoms with Crippen molar-refractivity contribution in [2.75, 3.05) is 25.5 Å². The first kappa shape index (κ1) is 15.2. The lowest BCUT2D eigenvalue weighted by Crippen LogP contribution is -2.28. The second-order valence-corrected chi connectivity index (χ2v) is 4.39. The summed E-state index contributed by atoms with van der Waals surface area (Å²) in [4.78, 5) is 23.5. The summed E-state index contributed by atoms with van der Waals surface area (Å²) in [6.07, 6.45) is 0. The molecule has 1 rings (SSSR count). The molecule has 1 unspecified atom stereocenters. The standard InChI is InChI=1S/C14H21N3O2/c1-4-16-14(19)11-6-5-7-12(8-11)17-13(18)10(2)9-15-3/h5-8,10,15H,4,9H2,1-3H3,(H,16,19)(H,17,18). The van der Waals surface area contributed by atoms with Crippen LogP contribution in [0, 0.1) is 5.92 Å². The van der Waals surface area contributed by atoms with Crippen LogP contribution in [0.25, 0.3) is 0 Å². The van der Waals surface area contributed by atoms with Crippen LogP contribution in [0.1, 0.15) is 24.2 Å². The maximum atomic E-state index is 11.9. The number of hydrogen-bond acceptors (Lipinski definition) is 3. The molecule has 3 N–H and O–H groups in total. The van der Waals surface area contributed by atoms with E-state index < -0.39 is 0 Å². The molecule has 1 aromatic carbocycles. The van der Waals surface area contributed by atoms with Gasteiger partial charge in [0.15, 0.2) is 0 Å². The summed E-state index contributed by atoms with van der Waals surface area (Å²) in [7, 11) is 1.81. The normalized spacial score (nSPS) is 11.7. The van der Waals surface area contributed by atoms with Crippen LogP contribution in [-0.2, 0) is 4.79 Å². The van der Waals surface area contributed by atoms with Gasteiger partial charge in [-0.3, -0.25) is 9.59 Å². The smallest absolute Gasteiger partial charge is 0.251 e. The van der Waals surface area contributed by atoms with Gasteiger partial charge in [0.1, 0.15) is 0 Å². The highest BCUT2D eigenvalue weighted by Crippen LogP contribution is 2.12. The molecule has 0 aliphatic heterocycles. The second-order valence-electron chi connectivity index (χ2n) is 4.39. The lowest BCUT2D eigenvalue weighted by molar-refractivity contribution is -0.119. The van der Waals surface area contributed by atoms with Crippen molar-refractivity contribution in [3.63, 3.8) is 0 Å². The lowest BCUT2D eigenvalue weighted by atomic mass is 10.1. The second kappa shape index (κ2) is 7.53. The average Bonchev–Trinajstić information content (AvgIpc) is 2.39. The van der Waals surface area contributed by atoms with E-state index in [-0.39, 0.29) is 17.7 Å². The third kappa shape index (κ3) is 4.71.